The number of anilines is 3. The van der Waals surface area contributed by atoms with Crippen molar-refractivity contribution in [1.82, 2.24) is 9.13 Å². The van der Waals surface area contributed by atoms with E-state index in [-0.39, 0.29) is 0 Å². The van der Waals surface area contributed by atoms with E-state index in [4.69, 9.17) is 0 Å². The van der Waals surface area contributed by atoms with Crippen molar-refractivity contribution in [2.75, 3.05) is 4.90 Å². The highest BCUT2D eigenvalue weighted by atomic mass is 15.1. The molecule has 1 aliphatic carbocycles. The monoisotopic (exact) mass is 965 g/mol. The highest BCUT2D eigenvalue weighted by Gasteiger charge is 2.51. The normalized spacial score (nSPS) is 12.8. The lowest BCUT2D eigenvalue weighted by molar-refractivity contribution is 0.748. The van der Waals surface area contributed by atoms with Gasteiger partial charge in [0.25, 0.3) is 0 Å². The van der Waals surface area contributed by atoms with Crippen LogP contribution in [0.2, 0.25) is 0 Å². The zero-order chi connectivity index (χ0) is 49.9. The molecule has 3 heteroatoms. The Morgan fingerprint density at radius 1 is 0.276 bits per heavy atom. The molecule has 14 aromatic rings. The van der Waals surface area contributed by atoms with Crippen LogP contribution in [-0.4, -0.2) is 9.13 Å². The molecule has 0 saturated heterocycles. The van der Waals surface area contributed by atoms with Crippen LogP contribution in [0, 0.1) is 0 Å². The SMILES string of the molecule is c1ccc(-c2cccc(-c3ccccc3N(c3ccc(-c4ccc5c(c4)c4ccccc4n5-c4ccccc4)cc3)c3cc4c5c(c3)c3ccccc3n5-c3ccccc3C43c4ccccc4-c4ccccc43)c2)cc1. The molecule has 0 bridgehead atoms. The van der Waals surface area contributed by atoms with Crippen LogP contribution < -0.4 is 4.90 Å². The van der Waals surface area contributed by atoms with Gasteiger partial charge in [0.15, 0.2) is 0 Å². The van der Waals surface area contributed by atoms with Gasteiger partial charge in [0.1, 0.15) is 0 Å². The van der Waals surface area contributed by atoms with Crippen molar-refractivity contribution >= 4 is 60.7 Å². The number of rotatable bonds is 7. The smallest absolute Gasteiger partial charge is 0.0755 e. The standard InChI is InChI=1S/C73H47N3/c1-3-20-48(21-4-1)50-22-19-23-52(44-50)56-26-9-15-34-67(56)74(54-41-38-49(39-42-54)51-40-43-70-61(45-51)59-29-10-16-35-68(59)75(70)53-24-5-2-6-25-53)55-46-62-60-30-11-17-36-69(60)76-71-37-18-14-33-65(71)73(66(47-55)72(62)76)63-31-12-7-27-57(63)58-28-8-13-32-64(58)73/h1-47H. The van der Waals surface area contributed by atoms with Crippen LogP contribution in [0.4, 0.5) is 17.1 Å². The quantitative estimate of drug-likeness (QED) is 0.155. The van der Waals surface area contributed by atoms with Crippen molar-refractivity contribution in [1.29, 1.82) is 0 Å². The largest absolute Gasteiger partial charge is 0.310 e. The molecule has 0 atom stereocenters. The molecule has 0 N–H and O–H groups in total. The van der Waals surface area contributed by atoms with Crippen LogP contribution in [0.1, 0.15) is 22.3 Å². The first-order chi connectivity index (χ1) is 37.7. The summed E-state index contributed by atoms with van der Waals surface area (Å²) in [6.07, 6.45) is 0. The second kappa shape index (κ2) is 16.5. The van der Waals surface area contributed by atoms with Gasteiger partial charge in [0, 0.05) is 44.2 Å². The maximum atomic E-state index is 2.55. The van der Waals surface area contributed by atoms with Gasteiger partial charge in [-0.25, -0.2) is 0 Å². The maximum absolute atomic E-state index is 2.55. The van der Waals surface area contributed by atoms with Crippen molar-refractivity contribution in [2.24, 2.45) is 0 Å². The van der Waals surface area contributed by atoms with Crippen LogP contribution in [0.5, 0.6) is 0 Å². The third-order valence-corrected chi connectivity index (χ3v) is 16.5. The molecular weight excluding hydrogens is 919 g/mol. The molecule has 354 valence electrons. The van der Waals surface area contributed by atoms with E-state index in [1.54, 1.807) is 0 Å². The molecule has 0 saturated carbocycles. The first-order valence-corrected chi connectivity index (χ1v) is 26.3. The number of nitrogens with zero attached hydrogens (tertiary/aromatic N) is 3. The van der Waals surface area contributed by atoms with E-state index in [2.05, 4.69) is 299 Å². The van der Waals surface area contributed by atoms with Gasteiger partial charge < -0.3 is 14.0 Å². The summed E-state index contributed by atoms with van der Waals surface area (Å²) >= 11 is 0. The molecule has 16 rings (SSSR count). The first kappa shape index (κ1) is 42.5. The van der Waals surface area contributed by atoms with E-state index in [0.29, 0.717) is 0 Å². The summed E-state index contributed by atoms with van der Waals surface area (Å²) < 4.78 is 4.93. The molecule has 0 amide bonds. The molecule has 0 fully saturated rings. The highest BCUT2D eigenvalue weighted by Crippen LogP contribution is 2.62. The molecule has 1 aliphatic heterocycles. The number of fused-ring (bicyclic) bond motifs is 15. The summed E-state index contributed by atoms with van der Waals surface area (Å²) in [5.74, 6) is 0. The van der Waals surface area contributed by atoms with Crippen LogP contribution in [0.25, 0.3) is 99.5 Å². The summed E-state index contributed by atoms with van der Waals surface area (Å²) in [5.41, 5.74) is 24.7. The summed E-state index contributed by atoms with van der Waals surface area (Å²) in [7, 11) is 0. The Bertz CT molecular complexity index is 4590. The molecule has 0 unspecified atom stereocenters. The summed E-state index contributed by atoms with van der Waals surface area (Å²) in [5, 5.41) is 4.94. The Morgan fingerprint density at radius 3 is 1.55 bits per heavy atom. The van der Waals surface area contributed by atoms with E-state index in [9.17, 15) is 0 Å². The van der Waals surface area contributed by atoms with Gasteiger partial charge >= 0.3 is 0 Å². The number of hydrogen-bond acceptors (Lipinski definition) is 1. The third-order valence-electron chi connectivity index (χ3n) is 16.5. The Hall–Kier alpha value is -9.96. The first-order valence-electron chi connectivity index (χ1n) is 26.3. The second-order valence-corrected chi connectivity index (χ2v) is 20.4. The fourth-order valence-corrected chi connectivity index (χ4v) is 13.3. The summed E-state index contributed by atoms with van der Waals surface area (Å²) in [6, 6.07) is 106. The predicted molar refractivity (Wildman–Crippen MR) is 317 cm³/mol. The number of aromatic nitrogens is 2. The van der Waals surface area contributed by atoms with E-state index in [0.717, 1.165) is 39.4 Å². The number of hydrogen-bond donors (Lipinski definition) is 0. The van der Waals surface area contributed by atoms with Gasteiger partial charge in [-0.2, -0.15) is 0 Å². The lowest BCUT2D eigenvalue weighted by Crippen LogP contribution is -2.33. The average Bonchev–Trinajstić information content (AvgIpc) is 4.31. The minimum Gasteiger partial charge on any atom is -0.310 e. The topological polar surface area (TPSA) is 13.1 Å². The molecule has 2 aliphatic rings. The van der Waals surface area contributed by atoms with Gasteiger partial charge in [-0.15, -0.1) is 0 Å². The zero-order valence-corrected chi connectivity index (χ0v) is 41.5. The van der Waals surface area contributed by atoms with E-state index in [1.807, 2.05) is 0 Å². The lowest BCUT2D eigenvalue weighted by atomic mass is 9.65. The molecule has 3 heterocycles. The molecule has 0 radical (unpaired) electrons. The van der Waals surface area contributed by atoms with Crippen LogP contribution in [0.15, 0.2) is 285 Å². The molecule has 2 aromatic heterocycles. The molecule has 12 aromatic carbocycles. The minimum atomic E-state index is -0.593. The predicted octanol–water partition coefficient (Wildman–Crippen LogP) is 19.0. The van der Waals surface area contributed by atoms with Crippen molar-refractivity contribution in [3.63, 3.8) is 0 Å². The molecular formula is C73H47N3. The second-order valence-electron chi connectivity index (χ2n) is 20.4. The van der Waals surface area contributed by atoms with Gasteiger partial charge in [-0.05, 0) is 140 Å². The van der Waals surface area contributed by atoms with Crippen molar-refractivity contribution in [3.05, 3.63) is 307 Å². The summed E-state index contributed by atoms with van der Waals surface area (Å²) in [4.78, 5) is 2.52. The van der Waals surface area contributed by atoms with E-state index >= 15 is 0 Å². The number of para-hydroxylation sites is 5. The lowest BCUT2D eigenvalue weighted by Gasteiger charge is -2.40. The number of benzene rings is 12. The van der Waals surface area contributed by atoms with E-state index in [1.165, 1.54) is 99.4 Å². The van der Waals surface area contributed by atoms with Crippen LogP contribution in [-0.2, 0) is 5.41 Å². The third kappa shape index (κ3) is 6.05. The average molecular weight is 966 g/mol. The van der Waals surface area contributed by atoms with Gasteiger partial charge in [0.05, 0.1) is 38.9 Å². The molecule has 76 heavy (non-hydrogen) atoms. The minimum absolute atomic E-state index is 0.593. The van der Waals surface area contributed by atoms with Crippen molar-refractivity contribution < 1.29 is 0 Å². The Balaban J connectivity index is 0.952. The van der Waals surface area contributed by atoms with Gasteiger partial charge in [-0.1, -0.05) is 206 Å². The van der Waals surface area contributed by atoms with Gasteiger partial charge in [0.2, 0.25) is 0 Å². The summed E-state index contributed by atoms with van der Waals surface area (Å²) in [6.45, 7) is 0. The highest BCUT2D eigenvalue weighted by molar-refractivity contribution is 6.15. The Morgan fingerprint density at radius 2 is 0.803 bits per heavy atom. The maximum Gasteiger partial charge on any atom is 0.0755 e. The molecule has 1 spiro atoms. The van der Waals surface area contributed by atoms with Crippen molar-refractivity contribution in [2.45, 2.75) is 5.41 Å². The Kier molecular flexibility index (Phi) is 9.25. The Labute approximate surface area is 441 Å². The van der Waals surface area contributed by atoms with Crippen molar-refractivity contribution in [3.8, 4) is 55.9 Å². The molecule has 3 nitrogen and oxygen atoms in total. The van der Waals surface area contributed by atoms with Gasteiger partial charge in [-0.3, -0.25) is 0 Å². The fourth-order valence-electron chi connectivity index (χ4n) is 13.3. The zero-order valence-electron chi connectivity index (χ0n) is 41.5. The van der Waals surface area contributed by atoms with Crippen LogP contribution in [0.3, 0.4) is 0 Å². The fraction of sp³-hybridized carbons (Fsp3) is 0.0137. The van der Waals surface area contributed by atoms with Crippen LogP contribution >= 0.6 is 0 Å². The van der Waals surface area contributed by atoms with E-state index < -0.39 is 5.41 Å².